The summed E-state index contributed by atoms with van der Waals surface area (Å²) in [6.07, 6.45) is 1.19. The van der Waals surface area contributed by atoms with Crippen molar-refractivity contribution < 1.29 is 19.0 Å². The lowest BCUT2D eigenvalue weighted by Crippen LogP contribution is -2.36. The summed E-state index contributed by atoms with van der Waals surface area (Å²) >= 11 is 0. The van der Waals surface area contributed by atoms with Crippen LogP contribution < -0.4 is 0 Å². The van der Waals surface area contributed by atoms with Crippen LogP contribution in [0.1, 0.15) is 24.8 Å². The topological polar surface area (TPSA) is 112 Å². The van der Waals surface area contributed by atoms with Crippen molar-refractivity contribution >= 4 is 11.6 Å². The predicted molar refractivity (Wildman–Crippen MR) is 113 cm³/mol. The first-order valence-corrected chi connectivity index (χ1v) is 10.0. The lowest BCUT2D eigenvalue weighted by atomic mass is 10.2. The number of carbonyl (C=O) groups is 1. The van der Waals surface area contributed by atoms with E-state index in [4.69, 9.17) is 9.26 Å². The molecular formula is C22H24N4O5. The van der Waals surface area contributed by atoms with Crippen LogP contribution in [-0.4, -0.2) is 45.6 Å². The van der Waals surface area contributed by atoms with Crippen molar-refractivity contribution in [1.29, 1.82) is 0 Å². The van der Waals surface area contributed by atoms with Crippen LogP contribution in [-0.2, 0) is 22.6 Å². The number of nitro benzene ring substituents is 1. The van der Waals surface area contributed by atoms with Gasteiger partial charge < -0.3 is 14.2 Å². The van der Waals surface area contributed by atoms with Crippen molar-refractivity contribution in [2.45, 2.75) is 26.4 Å². The van der Waals surface area contributed by atoms with Crippen LogP contribution in [0.25, 0.3) is 11.4 Å². The van der Waals surface area contributed by atoms with Crippen LogP contribution in [0.3, 0.4) is 0 Å². The molecule has 0 N–H and O–H groups in total. The molecule has 0 radical (unpaired) electrons. The molecule has 0 aliphatic rings. The summed E-state index contributed by atoms with van der Waals surface area (Å²) in [4.78, 5) is 29.0. The quantitative estimate of drug-likeness (QED) is 0.341. The van der Waals surface area contributed by atoms with Gasteiger partial charge in [0.2, 0.25) is 17.6 Å². The normalized spacial score (nSPS) is 10.7. The molecule has 0 atom stereocenters. The van der Waals surface area contributed by atoms with Crippen molar-refractivity contribution in [3.63, 3.8) is 0 Å². The van der Waals surface area contributed by atoms with Crippen molar-refractivity contribution in [2.24, 2.45) is 0 Å². The highest BCUT2D eigenvalue weighted by atomic mass is 16.6. The molecule has 1 amide bonds. The molecule has 9 heteroatoms. The second-order valence-corrected chi connectivity index (χ2v) is 6.93. The number of amides is 1. The first-order valence-electron chi connectivity index (χ1n) is 10.0. The lowest BCUT2D eigenvalue weighted by Gasteiger charge is -2.21. The maximum absolute atomic E-state index is 12.5. The van der Waals surface area contributed by atoms with E-state index in [9.17, 15) is 14.9 Å². The van der Waals surface area contributed by atoms with Gasteiger partial charge in [0, 0.05) is 37.2 Å². The highest BCUT2D eigenvalue weighted by Gasteiger charge is 2.16. The molecule has 2 aromatic carbocycles. The largest absolute Gasteiger partial charge is 0.367 e. The minimum absolute atomic E-state index is 0.00232. The maximum atomic E-state index is 12.5. The molecule has 1 aromatic heterocycles. The van der Waals surface area contributed by atoms with Gasteiger partial charge in [-0.05, 0) is 12.0 Å². The molecule has 0 bridgehead atoms. The fraction of sp³-hybridized carbons (Fsp3) is 0.318. The average molecular weight is 424 g/mol. The zero-order valence-electron chi connectivity index (χ0n) is 17.3. The lowest BCUT2D eigenvalue weighted by molar-refractivity contribution is -0.384. The molecular weight excluding hydrogens is 400 g/mol. The summed E-state index contributed by atoms with van der Waals surface area (Å²) in [6, 6.07) is 15.7. The van der Waals surface area contributed by atoms with Gasteiger partial charge in [0.1, 0.15) is 6.61 Å². The van der Waals surface area contributed by atoms with Gasteiger partial charge in [0.15, 0.2) is 0 Å². The summed E-state index contributed by atoms with van der Waals surface area (Å²) in [7, 11) is 0. The Bertz CT molecular complexity index is 1010. The number of ether oxygens (including phenoxy) is 1. The average Bonchev–Trinajstić information content (AvgIpc) is 3.26. The first kappa shape index (κ1) is 22.1. The van der Waals surface area contributed by atoms with E-state index in [-0.39, 0.29) is 24.0 Å². The molecule has 1 heterocycles. The number of benzene rings is 2. The van der Waals surface area contributed by atoms with Crippen LogP contribution in [0.5, 0.6) is 0 Å². The Morgan fingerprint density at radius 1 is 1.16 bits per heavy atom. The van der Waals surface area contributed by atoms with Gasteiger partial charge in [-0.2, -0.15) is 4.98 Å². The summed E-state index contributed by atoms with van der Waals surface area (Å²) in [5.74, 6) is 0.537. The molecule has 3 rings (SSSR count). The molecule has 0 aliphatic heterocycles. The summed E-state index contributed by atoms with van der Waals surface area (Å²) in [5.41, 5.74) is 1.47. The third-order valence-electron chi connectivity index (χ3n) is 4.56. The number of rotatable bonds is 11. The number of carbonyl (C=O) groups excluding carboxylic acids is 1. The Hall–Kier alpha value is -3.59. The zero-order chi connectivity index (χ0) is 22.1. The number of non-ortho nitro benzene ring substituents is 1. The standard InChI is InChI=1S/C22H24N4O5/c1-2-12-25(21(27)16-30-15-17-7-4-3-5-8-17)13-11-20-23-22(24-31-20)18-9-6-10-19(14-18)26(28)29/h3-10,14H,2,11-13,15-16H2,1H3. The number of hydrogen-bond acceptors (Lipinski definition) is 7. The molecule has 0 unspecified atom stereocenters. The number of hydrogen-bond donors (Lipinski definition) is 0. The SMILES string of the molecule is CCCN(CCc1nc(-c2cccc([N+](=O)[O-])c2)no1)C(=O)COCc1ccccc1. The third-order valence-corrected chi connectivity index (χ3v) is 4.56. The van der Waals surface area contributed by atoms with E-state index in [1.807, 2.05) is 37.3 Å². The number of nitro groups is 1. The summed E-state index contributed by atoms with van der Waals surface area (Å²) in [5, 5.41) is 14.8. The van der Waals surface area contributed by atoms with Crippen LogP contribution in [0, 0.1) is 10.1 Å². The molecule has 9 nitrogen and oxygen atoms in total. The van der Waals surface area contributed by atoms with Gasteiger partial charge in [-0.15, -0.1) is 0 Å². The van der Waals surface area contributed by atoms with Gasteiger partial charge in [0.25, 0.3) is 5.69 Å². The van der Waals surface area contributed by atoms with E-state index in [1.165, 1.54) is 12.1 Å². The number of aromatic nitrogens is 2. The highest BCUT2D eigenvalue weighted by Crippen LogP contribution is 2.21. The van der Waals surface area contributed by atoms with Crippen molar-refractivity contribution in [2.75, 3.05) is 19.7 Å². The van der Waals surface area contributed by atoms with E-state index >= 15 is 0 Å². The molecule has 0 spiro atoms. The van der Waals surface area contributed by atoms with E-state index in [0.29, 0.717) is 37.6 Å². The van der Waals surface area contributed by atoms with E-state index in [1.54, 1.807) is 17.0 Å². The van der Waals surface area contributed by atoms with Crippen LogP contribution in [0.4, 0.5) is 5.69 Å². The van der Waals surface area contributed by atoms with E-state index < -0.39 is 4.92 Å². The minimum Gasteiger partial charge on any atom is -0.367 e. The van der Waals surface area contributed by atoms with E-state index in [2.05, 4.69) is 10.1 Å². The maximum Gasteiger partial charge on any atom is 0.270 e. The fourth-order valence-corrected chi connectivity index (χ4v) is 3.02. The Balaban J connectivity index is 1.54. The van der Waals surface area contributed by atoms with E-state index in [0.717, 1.165) is 12.0 Å². The highest BCUT2D eigenvalue weighted by molar-refractivity contribution is 5.77. The Morgan fingerprint density at radius 2 is 1.97 bits per heavy atom. The van der Waals surface area contributed by atoms with Crippen molar-refractivity contribution in [1.82, 2.24) is 15.0 Å². The molecule has 3 aromatic rings. The van der Waals surface area contributed by atoms with Gasteiger partial charge in [-0.1, -0.05) is 54.5 Å². The Kier molecular flexibility index (Phi) is 7.83. The predicted octanol–water partition coefficient (Wildman–Crippen LogP) is 3.64. The Labute approximate surface area is 179 Å². The molecule has 0 aliphatic carbocycles. The minimum atomic E-state index is -0.474. The van der Waals surface area contributed by atoms with Gasteiger partial charge >= 0.3 is 0 Å². The van der Waals surface area contributed by atoms with Gasteiger partial charge in [-0.3, -0.25) is 14.9 Å². The first-order chi connectivity index (χ1) is 15.1. The Morgan fingerprint density at radius 3 is 2.71 bits per heavy atom. The second kappa shape index (κ2) is 11.0. The van der Waals surface area contributed by atoms with Crippen molar-refractivity contribution in [3.05, 3.63) is 76.2 Å². The smallest absolute Gasteiger partial charge is 0.270 e. The second-order valence-electron chi connectivity index (χ2n) is 6.93. The molecule has 0 fully saturated rings. The van der Waals surface area contributed by atoms with Gasteiger partial charge in [-0.25, -0.2) is 0 Å². The van der Waals surface area contributed by atoms with Crippen LogP contribution in [0.15, 0.2) is 59.1 Å². The fourth-order valence-electron chi connectivity index (χ4n) is 3.02. The molecule has 0 saturated carbocycles. The summed E-state index contributed by atoms with van der Waals surface area (Å²) in [6.45, 7) is 3.38. The molecule has 0 saturated heterocycles. The molecule has 162 valence electrons. The zero-order valence-corrected chi connectivity index (χ0v) is 17.3. The van der Waals surface area contributed by atoms with Crippen molar-refractivity contribution in [3.8, 4) is 11.4 Å². The summed E-state index contributed by atoms with van der Waals surface area (Å²) < 4.78 is 10.8. The number of nitrogens with zero attached hydrogens (tertiary/aromatic N) is 4. The van der Waals surface area contributed by atoms with Gasteiger partial charge in [0.05, 0.1) is 11.5 Å². The molecule has 31 heavy (non-hydrogen) atoms. The third kappa shape index (κ3) is 6.45. The van der Waals surface area contributed by atoms with Crippen LogP contribution in [0.2, 0.25) is 0 Å². The monoisotopic (exact) mass is 424 g/mol. The van der Waals surface area contributed by atoms with Crippen LogP contribution >= 0.6 is 0 Å².